The molecule has 0 aromatic heterocycles. The van der Waals surface area contributed by atoms with Crippen molar-refractivity contribution in [2.24, 2.45) is 0 Å². The highest BCUT2D eigenvalue weighted by Crippen LogP contribution is 2.19. The zero-order valence-electron chi connectivity index (χ0n) is 20.7. The standard InChI is InChI=1S/C30H20N2O8/c33-29(27-7-3-1-5-23(27)15-9-21-11-17-25(18-12-21)31(35)36)39-40-30(34)28-8-4-2-6-24(28)16-10-22-13-19-26(20-14-22)32(37)38/h1-20H/b15-9+,16-10+. The predicted molar refractivity (Wildman–Crippen MR) is 148 cm³/mol. The molecule has 0 saturated heterocycles. The van der Waals surface area contributed by atoms with Crippen LogP contribution in [-0.2, 0) is 9.78 Å². The third-order valence-electron chi connectivity index (χ3n) is 5.67. The van der Waals surface area contributed by atoms with E-state index >= 15 is 0 Å². The summed E-state index contributed by atoms with van der Waals surface area (Å²) in [4.78, 5) is 55.8. The van der Waals surface area contributed by atoms with E-state index in [1.54, 1.807) is 85.0 Å². The van der Waals surface area contributed by atoms with Crippen LogP contribution in [0.25, 0.3) is 24.3 Å². The molecule has 0 saturated carbocycles. The van der Waals surface area contributed by atoms with Crippen LogP contribution in [-0.4, -0.2) is 21.8 Å². The van der Waals surface area contributed by atoms with Gasteiger partial charge in [0, 0.05) is 24.3 Å². The Bertz CT molecular complexity index is 1500. The normalized spacial score (nSPS) is 10.9. The molecule has 4 aromatic carbocycles. The number of nitro groups is 2. The molecule has 0 atom stereocenters. The summed E-state index contributed by atoms with van der Waals surface area (Å²) in [6.45, 7) is 0. The third-order valence-corrected chi connectivity index (χ3v) is 5.67. The first kappa shape index (κ1) is 27.1. The summed E-state index contributed by atoms with van der Waals surface area (Å²) in [5.74, 6) is -1.78. The van der Waals surface area contributed by atoms with E-state index in [1.807, 2.05) is 0 Å². The number of non-ortho nitro benzene ring substituents is 2. The highest BCUT2D eigenvalue weighted by Gasteiger charge is 2.18. The van der Waals surface area contributed by atoms with Gasteiger partial charge in [-0.1, -0.05) is 60.7 Å². The minimum atomic E-state index is -0.892. The lowest BCUT2D eigenvalue weighted by atomic mass is 10.1. The van der Waals surface area contributed by atoms with Crippen LogP contribution in [0, 0.1) is 20.2 Å². The molecule has 0 spiro atoms. The molecule has 0 aliphatic carbocycles. The maximum absolute atomic E-state index is 12.7. The van der Waals surface area contributed by atoms with Crippen molar-refractivity contribution >= 4 is 47.6 Å². The van der Waals surface area contributed by atoms with E-state index in [0.29, 0.717) is 22.3 Å². The van der Waals surface area contributed by atoms with E-state index in [-0.39, 0.29) is 22.5 Å². The minimum Gasteiger partial charge on any atom is -0.258 e. The summed E-state index contributed by atoms with van der Waals surface area (Å²) in [5, 5.41) is 21.7. The molecule has 0 amide bonds. The molecular formula is C30H20N2O8. The predicted octanol–water partition coefficient (Wildman–Crippen LogP) is 6.77. The maximum Gasteiger partial charge on any atom is 0.386 e. The van der Waals surface area contributed by atoms with Gasteiger partial charge >= 0.3 is 11.9 Å². The number of hydrogen-bond donors (Lipinski definition) is 0. The number of nitrogens with zero attached hydrogens (tertiary/aromatic N) is 2. The van der Waals surface area contributed by atoms with Crippen LogP contribution in [0.5, 0.6) is 0 Å². The average Bonchev–Trinajstić information content (AvgIpc) is 2.98. The maximum atomic E-state index is 12.7. The lowest BCUT2D eigenvalue weighted by Gasteiger charge is -2.07. The second-order valence-corrected chi connectivity index (χ2v) is 8.28. The van der Waals surface area contributed by atoms with E-state index in [2.05, 4.69) is 0 Å². The molecule has 4 aromatic rings. The molecule has 10 heteroatoms. The van der Waals surface area contributed by atoms with Gasteiger partial charge < -0.3 is 0 Å². The molecule has 0 fully saturated rings. The van der Waals surface area contributed by atoms with Gasteiger partial charge in [0.05, 0.1) is 21.0 Å². The summed E-state index contributed by atoms with van der Waals surface area (Å²) in [5.41, 5.74) is 2.52. The minimum absolute atomic E-state index is 0.0358. The molecular weight excluding hydrogens is 516 g/mol. The van der Waals surface area contributed by atoms with Crippen LogP contribution in [0.4, 0.5) is 11.4 Å². The SMILES string of the molecule is O=C(OOC(=O)c1ccccc1/C=C/c1ccc([N+](=O)[O-])cc1)c1ccccc1/C=C/c1ccc([N+](=O)[O-])cc1. The number of rotatable bonds is 8. The summed E-state index contributed by atoms with van der Waals surface area (Å²) < 4.78 is 0. The van der Waals surface area contributed by atoms with Gasteiger partial charge in [0.1, 0.15) is 0 Å². The van der Waals surface area contributed by atoms with Crippen molar-refractivity contribution in [1.82, 2.24) is 0 Å². The zero-order valence-corrected chi connectivity index (χ0v) is 20.7. The molecule has 198 valence electrons. The first-order valence-electron chi connectivity index (χ1n) is 11.8. The van der Waals surface area contributed by atoms with Crippen molar-refractivity contribution in [2.45, 2.75) is 0 Å². The van der Waals surface area contributed by atoms with Crippen molar-refractivity contribution in [3.8, 4) is 0 Å². The molecule has 0 unspecified atom stereocenters. The first-order valence-corrected chi connectivity index (χ1v) is 11.8. The van der Waals surface area contributed by atoms with E-state index in [9.17, 15) is 29.8 Å². The smallest absolute Gasteiger partial charge is 0.258 e. The molecule has 0 radical (unpaired) electrons. The molecule has 0 aliphatic heterocycles. The van der Waals surface area contributed by atoms with E-state index < -0.39 is 21.8 Å². The number of nitro benzene ring substituents is 2. The van der Waals surface area contributed by atoms with Gasteiger partial charge in [-0.05, 0) is 58.7 Å². The Morgan fingerprint density at radius 3 is 1.23 bits per heavy atom. The Kier molecular flexibility index (Phi) is 8.53. The fraction of sp³-hybridized carbons (Fsp3) is 0. The highest BCUT2D eigenvalue weighted by molar-refractivity contribution is 5.97. The van der Waals surface area contributed by atoms with Crippen LogP contribution >= 0.6 is 0 Å². The van der Waals surface area contributed by atoms with Gasteiger partial charge in [-0.15, -0.1) is 0 Å². The van der Waals surface area contributed by atoms with Gasteiger partial charge in [0.2, 0.25) is 0 Å². The zero-order chi connectivity index (χ0) is 28.5. The van der Waals surface area contributed by atoms with Crippen molar-refractivity contribution in [3.63, 3.8) is 0 Å². The van der Waals surface area contributed by atoms with Gasteiger partial charge in [0.25, 0.3) is 11.4 Å². The third kappa shape index (κ3) is 6.90. The van der Waals surface area contributed by atoms with Gasteiger partial charge in [-0.25, -0.2) is 19.4 Å². The van der Waals surface area contributed by atoms with Crippen LogP contribution in [0.1, 0.15) is 43.0 Å². The van der Waals surface area contributed by atoms with Crippen LogP contribution in [0.3, 0.4) is 0 Å². The Labute approximate surface area is 227 Å². The number of carbonyl (C=O) groups is 2. The lowest BCUT2D eigenvalue weighted by Crippen LogP contribution is -2.13. The molecule has 10 nitrogen and oxygen atoms in total. The fourth-order valence-corrected chi connectivity index (χ4v) is 3.61. The quantitative estimate of drug-likeness (QED) is 0.104. The molecule has 4 rings (SSSR count). The highest BCUT2D eigenvalue weighted by atomic mass is 17.2. The lowest BCUT2D eigenvalue weighted by molar-refractivity contribution is -0.385. The summed E-state index contributed by atoms with van der Waals surface area (Å²) in [6.07, 6.45) is 6.63. The molecule has 0 heterocycles. The van der Waals surface area contributed by atoms with Crippen molar-refractivity contribution < 1.29 is 29.2 Å². The summed E-state index contributed by atoms with van der Waals surface area (Å²) in [6, 6.07) is 24.8. The number of benzene rings is 4. The van der Waals surface area contributed by atoms with Crippen LogP contribution < -0.4 is 0 Å². The van der Waals surface area contributed by atoms with Crippen molar-refractivity contribution in [1.29, 1.82) is 0 Å². The summed E-state index contributed by atoms with van der Waals surface area (Å²) >= 11 is 0. The fourth-order valence-electron chi connectivity index (χ4n) is 3.61. The Balaban J connectivity index is 1.43. The van der Waals surface area contributed by atoms with Crippen molar-refractivity contribution in [3.05, 3.63) is 151 Å². The van der Waals surface area contributed by atoms with Crippen molar-refractivity contribution in [2.75, 3.05) is 0 Å². The van der Waals surface area contributed by atoms with Gasteiger partial charge in [0.15, 0.2) is 0 Å². The molecule has 0 bridgehead atoms. The average molecular weight is 536 g/mol. The largest absolute Gasteiger partial charge is 0.386 e. The number of hydrogen-bond acceptors (Lipinski definition) is 8. The first-order chi connectivity index (χ1) is 19.3. The Hall–Kier alpha value is -5.90. The Morgan fingerprint density at radius 2 is 0.875 bits per heavy atom. The van der Waals surface area contributed by atoms with E-state index in [1.165, 1.54) is 36.4 Å². The molecule has 40 heavy (non-hydrogen) atoms. The second kappa shape index (κ2) is 12.6. The van der Waals surface area contributed by atoms with E-state index in [4.69, 9.17) is 9.78 Å². The van der Waals surface area contributed by atoms with Gasteiger partial charge in [-0.2, -0.15) is 0 Å². The van der Waals surface area contributed by atoms with Crippen LogP contribution in [0.2, 0.25) is 0 Å². The van der Waals surface area contributed by atoms with Gasteiger partial charge in [-0.3, -0.25) is 20.2 Å². The topological polar surface area (TPSA) is 139 Å². The van der Waals surface area contributed by atoms with Crippen LogP contribution in [0.15, 0.2) is 97.1 Å². The molecule has 0 N–H and O–H groups in total. The Morgan fingerprint density at radius 1 is 0.525 bits per heavy atom. The molecule has 0 aliphatic rings. The monoisotopic (exact) mass is 536 g/mol. The second-order valence-electron chi connectivity index (χ2n) is 8.28. The summed E-state index contributed by atoms with van der Waals surface area (Å²) in [7, 11) is 0. The van der Waals surface area contributed by atoms with E-state index in [0.717, 1.165) is 0 Å². The number of carbonyl (C=O) groups excluding carboxylic acids is 2.